The van der Waals surface area contributed by atoms with Crippen LogP contribution < -0.4 is 10.6 Å². The summed E-state index contributed by atoms with van der Waals surface area (Å²) >= 11 is 0. The molecule has 1 aliphatic heterocycles. The molecule has 5 nitrogen and oxygen atoms in total. The normalized spacial score (nSPS) is 25.3. The average Bonchev–Trinajstić information content (AvgIpc) is 2.55. The predicted octanol–water partition coefficient (Wildman–Crippen LogP) is 2.96. The summed E-state index contributed by atoms with van der Waals surface area (Å²) < 4.78 is 6.07. The first-order valence-corrected chi connectivity index (χ1v) is 9.45. The lowest BCUT2D eigenvalue weighted by Gasteiger charge is -2.43. The highest BCUT2D eigenvalue weighted by molar-refractivity contribution is 5.74. The van der Waals surface area contributed by atoms with Gasteiger partial charge in [-0.25, -0.2) is 4.79 Å². The number of aliphatic hydroxyl groups is 1. The molecular weight excluding hydrogens is 292 g/mol. The fourth-order valence-electron chi connectivity index (χ4n) is 4.13. The first-order chi connectivity index (χ1) is 11.1. The topological polar surface area (TPSA) is 70.6 Å². The Hall–Kier alpha value is -0.810. The van der Waals surface area contributed by atoms with E-state index in [-0.39, 0.29) is 23.6 Å². The smallest absolute Gasteiger partial charge is 0.315 e. The summed E-state index contributed by atoms with van der Waals surface area (Å²) in [7, 11) is 0. The number of carbonyl (C=O) groups excluding carboxylic acids is 1. The van der Waals surface area contributed by atoms with Gasteiger partial charge in [0.25, 0.3) is 0 Å². The third-order valence-corrected chi connectivity index (χ3v) is 5.66. The van der Waals surface area contributed by atoms with Crippen molar-refractivity contribution < 1.29 is 14.6 Å². The number of rotatable bonds is 6. The molecule has 0 aromatic rings. The number of urea groups is 1. The monoisotopic (exact) mass is 326 g/mol. The van der Waals surface area contributed by atoms with Crippen molar-refractivity contribution in [2.75, 3.05) is 13.2 Å². The third-order valence-electron chi connectivity index (χ3n) is 5.66. The summed E-state index contributed by atoms with van der Waals surface area (Å²) in [6.07, 6.45) is 9.24. The van der Waals surface area contributed by atoms with Gasteiger partial charge in [0.1, 0.15) is 0 Å². The fraction of sp³-hybridized carbons (Fsp3) is 0.944. The zero-order chi connectivity index (χ0) is 16.7. The second kappa shape index (κ2) is 8.88. The van der Waals surface area contributed by atoms with Crippen molar-refractivity contribution >= 4 is 6.03 Å². The van der Waals surface area contributed by atoms with E-state index in [9.17, 15) is 9.90 Å². The van der Waals surface area contributed by atoms with Crippen molar-refractivity contribution in [1.82, 2.24) is 10.6 Å². The molecule has 0 bridgehead atoms. The van der Waals surface area contributed by atoms with Crippen molar-refractivity contribution in [3.05, 3.63) is 0 Å². The van der Waals surface area contributed by atoms with Gasteiger partial charge in [-0.1, -0.05) is 46.0 Å². The Morgan fingerprint density at radius 1 is 1.26 bits per heavy atom. The van der Waals surface area contributed by atoms with Gasteiger partial charge in [0.15, 0.2) is 0 Å². The molecule has 0 radical (unpaired) electrons. The van der Waals surface area contributed by atoms with Crippen LogP contribution in [0, 0.1) is 5.92 Å². The Bertz CT molecular complexity index is 360. The molecule has 134 valence electrons. The lowest BCUT2D eigenvalue weighted by Crippen LogP contribution is -2.52. The van der Waals surface area contributed by atoms with E-state index < -0.39 is 6.10 Å². The molecule has 0 aromatic carbocycles. The van der Waals surface area contributed by atoms with Crippen LogP contribution in [-0.2, 0) is 4.74 Å². The average molecular weight is 326 g/mol. The van der Waals surface area contributed by atoms with Crippen LogP contribution in [0.15, 0.2) is 0 Å². The van der Waals surface area contributed by atoms with Gasteiger partial charge in [-0.15, -0.1) is 0 Å². The van der Waals surface area contributed by atoms with E-state index in [0.29, 0.717) is 6.54 Å². The Labute approximate surface area is 140 Å². The summed E-state index contributed by atoms with van der Waals surface area (Å²) in [5.74, 6) is 0.254. The maximum absolute atomic E-state index is 12.1. The highest BCUT2D eigenvalue weighted by atomic mass is 16.5. The summed E-state index contributed by atoms with van der Waals surface area (Å²) in [5.41, 5.74) is 0.00345. The van der Waals surface area contributed by atoms with E-state index >= 15 is 0 Å². The Kier molecular flexibility index (Phi) is 7.15. The lowest BCUT2D eigenvalue weighted by molar-refractivity contribution is -0.107. The zero-order valence-electron chi connectivity index (χ0n) is 14.8. The molecule has 1 saturated heterocycles. The Morgan fingerprint density at radius 2 is 1.96 bits per heavy atom. The third kappa shape index (κ3) is 5.35. The van der Waals surface area contributed by atoms with Crippen LogP contribution in [0.4, 0.5) is 4.79 Å². The number of ether oxygens (including phenoxy) is 1. The Balaban J connectivity index is 1.74. The zero-order valence-corrected chi connectivity index (χ0v) is 14.8. The first-order valence-electron chi connectivity index (χ1n) is 9.45. The predicted molar refractivity (Wildman–Crippen MR) is 91.4 cm³/mol. The second-order valence-corrected chi connectivity index (χ2v) is 7.28. The van der Waals surface area contributed by atoms with Crippen LogP contribution in [0.25, 0.3) is 0 Å². The number of hydrogen-bond acceptors (Lipinski definition) is 3. The maximum Gasteiger partial charge on any atom is 0.315 e. The van der Waals surface area contributed by atoms with Gasteiger partial charge < -0.3 is 20.5 Å². The molecule has 2 rings (SSSR count). The fourth-order valence-corrected chi connectivity index (χ4v) is 4.13. The second-order valence-electron chi connectivity index (χ2n) is 7.28. The summed E-state index contributed by atoms with van der Waals surface area (Å²) in [4.78, 5) is 12.1. The van der Waals surface area contributed by atoms with E-state index in [4.69, 9.17) is 4.74 Å². The molecule has 1 heterocycles. The molecule has 1 aliphatic carbocycles. The van der Waals surface area contributed by atoms with Crippen molar-refractivity contribution in [3.8, 4) is 0 Å². The molecule has 5 heteroatoms. The van der Waals surface area contributed by atoms with Crippen LogP contribution in [0.5, 0.6) is 0 Å². The maximum atomic E-state index is 12.1. The molecule has 2 amide bonds. The molecule has 2 unspecified atom stereocenters. The van der Waals surface area contributed by atoms with Crippen LogP contribution in [0.2, 0.25) is 0 Å². The van der Waals surface area contributed by atoms with E-state index in [1.807, 2.05) is 0 Å². The summed E-state index contributed by atoms with van der Waals surface area (Å²) in [6.45, 7) is 5.21. The minimum absolute atomic E-state index is 0.00345. The molecule has 0 aromatic heterocycles. The SMILES string of the molecule is CCC(CC)C(O)CNC(=O)NC1CCOC2(CCCCC2)C1. The summed E-state index contributed by atoms with van der Waals surface area (Å²) in [5, 5.41) is 16.0. The molecule has 2 atom stereocenters. The van der Waals surface area contributed by atoms with Gasteiger partial charge >= 0.3 is 6.03 Å². The number of aliphatic hydroxyl groups excluding tert-OH is 1. The minimum Gasteiger partial charge on any atom is -0.391 e. The lowest BCUT2D eigenvalue weighted by atomic mass is 9.78. The van der Waals surface area contributed by atoms with Crippen molar-refractivity contribution in [1.29, 1.82) is 0 Å². The highest BCUT2D eigenvalue weighted by Crippen LogP contribution is 2.38. The number of nitrogens with one attached hydrogen (secondary N) is 2. The van der Waals surface area contributed by atoms with Gasteiger partial charge in [0.2, 0.25) is 0 Å². The van der Waals surface area contributed by atoms with E-state index in [1.54, 1.807) is 0 Å². The number of carbonyl (C=O) groups is 1. The van der Waals surface area contributed by atoms with Gasteiger partial charge in [-0.2, -0.15) is 0 Å². The number of amides is 2. The molecule has 1 saturated carbocycles. The van der Waals surface area contributed by atoms with Crippen molar-refractivity contribution in [2.24, 2.45) is 5.92 Å². The van der Waals surface area contributed by atoms with Crippen LogP contribution in [-0.4, -0.2) is 42.0 Å². The van der Waals surface area contributed by atoms with Gasteiger partial charge in [0, 0.05) is 19.2 Å². The molecule has 2 aliphatic rings. The van der Waals surface area contributed by atoms with E-state index in [2.05, 4.69) is 24.5 Å². The van der Waals surface area contributed by atoms with Crippen LogP contribution in [0.3, 0.4) is 0 Å². The van der Waals surface area contributed by atoms with Crippen LogP contribution >= 0.6 is 0 Å². The molecular formula is C18H34N2O3. The van der Waals surface area contributed by atoms with Gasteiger partial charge in [-0.05, 0) is 31.6 Å². The Morgan fingerprint density at radius 3 is 2.61 bits per heavy atom. The summed E-state index contributed by atoms with van der Waals surface area (Å²) in [6, 6.07) is 0.0278. The van der Waals surface area contributed by atoms with Crippen molar-refractivity contribution in [3.63, 3.8) is 0 Å². The molecule has 23 heavy (non-hydrogen) atoms. The van der Waals surface area contributed by atoms with Gasteiger partial charge in [0.05, 0.1) is 11.7 Å². The van der Waals surface area contributed by atoms with E-state index in [1.165, 1.54) is 19.3 Å². The molecule has 1 spiro atoms. The molecule has 3 N–H and O–H groups in total. The molecule has 2 fully saturated rings. The van der Waals surface area contributed by atoms with Gasteiger partial charge in [-0.3, -0.25) is 0 Å². The quantitative estimate of drug-likeness (QED) is 0.703. The first kappa shape index (κ1) is 18.5. The largest absolute Gasteiger partial charge is 0.391 e. The number of hydrogen-bond donors (Lipinski definition) is 3. The van der Waals surface area contributed by atoms with Crippen LogP contribution in [0.1, 0.15) is 71.6 Å². The minimum atomic E-state index is -0.463. The highest BCUT2D eigenvalue weighted by Gasteiger charge is 2.38. The van der Waals surface area contributed by atoms with E-state index in [0.717, 1.165) is 45.1 Å². The van der Waals surface area contributed by atoms with Crippen molar-refractivity contribution in [2.45, 2.75) is 89.4 Å². The standard InChI is InChI=1S/C18H34N2O3/c1-3-14(4-2)16(21)13-19-17(22)20-15-8-11-23-18(12-15)9-6-5-7-10-18/h14-16,21H,3-13H2,1-2H3,(H2,19,20,22).